The fraction of sp³-hybridized carbons (Fsp3) is 0.286. The number of aromatic nitrogens is 2. The van der Waals surface area contributed by atoms with E-state index in [9.17, 15) is 9.59 Å². The van der Waals surface area contributed by atoms with Crippen LogP contribution in [0.1, 0.15) is 18.4 Å². The number of benzene rings is 2. The Kier molecular flexibility index (Phi) is 6.20. The molecule has 1 heterocycles. The van der Waals surface area contributed by atoms with E-state index in [0.717, 1.165) is 17.7 Å². The largest absolute Gasteiger partial charge is 0.494 e. The summed E-state index contributed by atoms with van der Waals surface area (Å²) in [5.41, 5.74) is 1.56. The Morgan fingerprint density at radius 1 is 1.15 bits per heavy atom. The molecular weight excluding hydrogens is 342 g/mol. The minimum Gasteiger partial charge on any atom is -0.494 e. The molecule has 0 radical (unpaired) electrons. The van der Waals surface area contributed by atoms with Crippen molar-refractivity contribution < 1.29 is 9.53 Å². The van der Waals surface area contributed by atoms with E-state index in [1.807, 2.05) is 49.4 Å². The molecule has 0 fully saturated rings. The lowest BCUT2D eigenvalue weighted by atomic mass is 10.1. The Hall–Kier alpha value is -3.15. The zero-order chi connectivity index (χ0) is 19.1. The fourth-order valence-corrected chi connectivity index (χ4v) is 2.81. The summed E-state index contributed by atoms with van der Waals surface area (Å²) in [6, 6.07) is 15.1. The maximum Gasteiger partial charge on any atom is 0.261 e. The number of nitrogens with one attached hydrogen (secondary N) is 1. The van der Waals surface area contributed by atoms with Crippen molar-refractivity contribution in [3.63, 3.8) is 0 Å². The first-order valence-electron chi connectivity index (χ1n) is 9.04. The summed E-state index contributed by atoms with van der Waals surface area (Å²) in [7, 11) is 0. The second kappa shape index (κ2) is 8.98. The molecule has 27 heavy (non-hydrogen) atoms. The summed E-state index contributed by atoms with van der Waals surface area (Å²) in [5.74, 6) is 0.730. The standard InChI is InChI=1S/C21H23N3O3/c1-16-7-5-10-18-20(16)23-15-24(21(18)26)13-11-19(25)22-12-6-14-27-17-8-3-2-4-9-17/h2-5,7-10,15H,6,11-14H2,1H3,(H,22,25). The predicted octanol–water partition coefficient (Wildman–Crippen LogP) is 2.68. The molecule has 140 valence electrons. The fourth-order valence-electron chi connectivity index (χ4n) is 2.81. The number of ether oxygens (including phenoxy) is 1. The van der Waals surface area contributed by atoms with Gasteiger partial charge in [0.1, 0.15) is 5.75 Å². The number of hydrogen-bond acceptors (Lipinski definition) is 4. The lowest BCUT2D eigenvalue weighted by Crippen LogP contribution is -2.29. The number of amides is 1. The van der Waals surface area contributed by atoms with Crippen LogP contribution < -0.4 is 15.6 Å². The summed E-state index contributed by atoms with van der Waals surface area (Å²) < 4.78 is 7.06. The van der Waals surface area contributed by atoms with E-state index in [-0.39, 0.29) is 17.9 Å². The highest BCUT2D eigenvalue weighted by Crippen LogP contribution is 2.11. The molecule has 3 aromatic rings. The van der Waals surface area contributed by atoms with Crippen LogP contribution in [-0.2, 0) is 11.3 Å². The Bertz CT molecular complexity index is 967. The number of hydrogen-bond donors (Lipinski definition) is 1. The molecule has 0 bridgehead atoms. The number of carbonyl (C=O) groups excluding carboxylic acids is 1. The van der Waals surface area contributed by atoms with Crippen molar-refractivity contribution in [2.45, 2.75) is 26.3 Å². The molecule has 0 aliphatic rings. The lowest BCUT2D eigenvalue weighted by molar-refractivity contribution is -0.121. The SMILES string of the molecule is Cc1cccc2c(=O)n(CCC(=O)NCCCOc3ccccc3)cnc12. The highest BCUT2D eigenvalue weighted by molar-refractivity contribution is 5.80. The molecule has 0 unspecified atom stereocenters. The Morgan fingerprint density at radius 2 is 1.96 bits per heavy atom. The van der Waals surface area contributed by atoms with E-state index in [2.05, 4.69) is 10.3 Å². The molecule has 6 heteroatoms. The molecule has 1 N–H and O–H groups in total. The molecule has 1 amide bonds. The van der Waals surface area contributed by atoms with E-state index < -0.39 is 0 Å². The number of fused-ring (bicyclic) bond motifs is 1. The van der Waals surface area contributed by atoms with Crippen molar-refractivity contribution in [2.75, 3.05) is 13.2 Å². The van der Waals surface area contributed by atoms with Crippen LogP contribution in [0.25, 0.3) is 10.9 Å². The molecule has 6 nitrogen and oxygen atoms in total. The Balaban J connectivity index is 1.43. The highest BCUT2D eigenvalue weighted by atomic mass is 16.5. The van der Waals surface area contributed by atoms with Gasteiger partial charge in [0, 0.05) is 19.5 Å². The van der Waals surface area contributed by atoms with Gasteiger partial charge in [-0.3, -0.25) is 14.2 Å². The van der Waals surface area contributed by atoms with E-state index in [4.69, 9.17) is 4.74 Å². The minimum absolute atomic E-state index is 0.0917. The number of rotatable bonds is 8. The van der Waals surface area contributed by atoms with E-state index >= 15 is 0 Å². The molecule has 0 aliphatic heterocycles. The van der Waals surface area contributed by atoms with Gasteiger partial charge in [0.25, 0.3) is 5.56 Å². The maximum absolute atomic E-state index is 12.5. The Morgan fingerprint density at radius 3 is 2.78 bits per heavy atom. The molecule has 0 saturated heterocycles. The summed E-state index contributed by atoms with van der Waals surface area (Å²) in [6.07, 6.45) is 2.47. The smallest absolute Gasteiger partial charge is 0.261 e. The average molecular weight is 365 g/mol. The van der Waals surface area contributed by atoms with Crippen LogP contribution in [0.4, 0.5) is 0 Å². The number of aryl methyl sites for hydroxylation is 2. The summed E-state index contributed by atoms with van der Waals surface area (Å²) in [5, 5.41) is 3.43. The van der Waals surface area contributed by atoms with Gasteiger partial charge in [-0.15, -0.1) is 0 Å². The zero-order valence-corrected chi connectivity index (χ0v) is 15.4. The van der Waals surface area contributed by atoms with Gasteiger partial charge in [0.05, 0.1) is 23.8 Å². The van der Waals surface area contributed by atoms with Crippen molar-refractivity contribution in [2.24, 2.45) is 0 Å². The molecule has 3 rings (SSSR count). The van der Waals surface area contributed by atoms with E-state index in [1.54, 1.807) is 6.07 Å². The van der Waals surface area contributed by atoms with Crippen LogP contribution in [0.5, 0.6) is 5.75 Å². The molecule has 0 spiro atoms. The van der Waals surface area contributed by atoms with Gasteiger partial charge in [-0.2, -0.15) is 0 Å². The van der Waals surface area contributed by atoms with Gasteiger partial charge >= 0.3 is 0 Å². The monoisotopic (exact) mass is 365 g/mol. The first kappa shape index (κ1) is 18.6. The second-order valence-corrected chi connectivity index (χ2v) is 6.33. The normalized spacial score (nSPS) is 10.7. The summed E-state index contributed by atoms with van der Waals surface area (Å²) in [6.45, 7) is 3.31. The van der Waals surface area contributed by atoms with Gasteiger partial charge < -0.3 is 10.1 Å². The summed E-state index contributed by atoms with van der Waals surface area (Å²) in [4.78, 5) is 28.8. The topological polar surface area (TPSA) is 73.2 Å². The van der Waals surface area contributed by atoms with Crippen molar-refractivity contribution >= 4 is 16.8 Å². The van der Waals surface area contributed by atoms with E-state index in [1.165, 1.54) is 10.9 Å². The number of nitrogens with zero attached hydrogens (tertiary/aromatic N) is 2. The summed E-state index contributed by atoms with van der Waals surface area (Å²) >= 11 is 0. The van der Waals surface area contributed by atoms with Gasteiger partial charge in [-0.05, 0) is 37.1 Å². The first-order valence-corrected chi connectivity index (χ1v) is 9.04. The number of para-hydroxylation sites is 2. The van der Waals surface area contributed by atoms with Crippen LogP contribution in [0, 0.1) is 6.92 Å². The average Bonchev–Trinajstić information content (AvgIpc) is 2.68. The van der Waals surface area contributed by atoms with Crippen molar-refractivity contribution in [3.05, 3.63) is 70.8 Å². The van der Waals surface area contributed by atoms with Crippen LogP contribution >= 0.6 is 0 Å². The van der Waals surface area contributed by atoms with Crippen molar-refractivity contribution in [1.82, 2.24) is 14.9 Å². The van der Waals surface area contributed by atoms with Crippen LogP contribution in [0.15, 0.2) is 59.7 Å². The van der Waals surface area contributed by atoms with Crippen molar-refractivity contribution in [1.29, 1.82) is 0 Å². The lowest BCUT2D eigenvalue weighted by Gasteiger charge is -2.09. The van der Waals surface area contributed by atoms with Crippen LogP contribution in [0.2, 0.25) is 0 Å². The maximum atomic E-state index is 12.5. The molecule has 0 saturated carbocycles. The van der Waals surface area contributed by atoms with Gasteiger partial charge in [-0.25, -0.2) is 4.98 Å². The number of carbonyl (C=O) groups is 1. The minimum atomic E-state index is -0.118. The van der Waals surface area contributed by atoms with Crippen molar-refractivity contribution in [3.8, 4) is 5.75 Å². The first-order chi connectivity index (χ1) is 13.1. The highest BCUT2D eigenvalue weighted by Gasteiger charge is 2.07. The molecule has 0 atom stereocenters. The van der Waals surface area contributed by atoms with Crippen LogP contribution in [-0.4, -0.2) is 28.6 Å². The predicted molar refractivity (Wildman–Crippen MR) is 105 cm³/mol. The molecule has 2 aromatic carbocycles. The third-order valence-corrected chi connectivity index (χ3v) is 4.29. The molecule has 1 aromatic heterocycles. The quantitative estimate of drug-likeness (QED) is 0.623. The van der Waals surface area contributed by atoms with Gasteiger partial charge in [0.15, 0.2) is 0 Å². The van der Waals surface area contributed by atoms with Gasteiger partial charge in [-0.1, -0.05) is 30.3 Å². The zero-order valence-electron chi connectivity index (χ0n) is 15.4. The second-order valence-electron chi connectivity index (χ2n) is 6.33. The Labute approximate surface area is 157 Å². The van der Waals surface area contributed by atoms with Crippen LogP contribution in [0.3, 0.4) is 0 Å². The van der Waals surface area contributed by atoms with Gasteiger partial charge in [0.2, 0.25) is 5.91 Å². The third kappa shape index (κ3) is 4.94. The third-order valence-electron chi connectivity index (χ3n) is 4.29. The molecular formula is C21H23N3O3. The molecule has 0 aliphatic carbocycles. The van der Waals surface area contributed by atoms with E-state index in [0.29, 0.717) is 30.6 Å².